The molecule has 0 aliphatic carbocycles. The van der Waals surface area contributed by atoms with Crippen molar-refractivity contribution in [1.29, 1.82) is 0 Å². The maximum Gasteiger partial charge on any atom is 0.128 e. The molecule has 0 fully saturated rings. The van der Waals surface area contributed by atoms with Crippen LogP contribution in [0.5, 0.6) is 0 Å². The second-order valence-corrected chi connectivity index (χ2v) is 5.49. The lowest BCUT2D eigenvalue weighted by Crippen LogP contribution is -2.13. The van der Waals surface area contributed by atoms with Crippen molar-refractivity contribution in [2.24, 2.45) is 5.73 Å². The minimum Gasteiger partial charge on any atom is -0.340 e. The van der Waals surface area contributed by atoms with Crippen molar-refractivity contribution in [2.75, 3.05) is 0 Å². The van der Waals surface area contributed by atoms with Crippen LogP contribution in [-0.4, -0.2) is 9.97 Å². The highest BCUT2D eigenvalue weighted by molar-refractivity contribution is 9.10. The molecule has 1 unspecified atom stereocenters. The number of nitrogens with two attached hydrogens (primary N) is 1. The predicted molar refractivity (Wildman–Crippen MR) is 84.2 cm³/mol. The van der Waals surface area contributed by atoms with E-state index >= 15 is 0 Å². The highest BCUT2D eigenvalue weighted by Crippen LogP contribution is 2.23. The molecule has 1 atom stereocenters. The van der Waals surface area contributed by atoms with Crippen LogP contribution in [-0.2, 0) is 0 Å². The van der Waals surface area contributed by atoms with E-state index in [-0.39, 0.29) is 6.04 Å². The highest BCUT2D eigenvalue weighted by atomic mass is 79.9. The van der Waals surface area contributed by atoms with E-state index in [0.717, 1.165) is 27.1 Å². The van der Waals surface area contributed by atoms with Crippen LogP contribution in [0.1, 0.15) is 17.4 Å². The van der Waals surface area contributed by atoms with Crippen molar-refractivity contribution >= 4 is 15.9 Å². The summed E-state index contributed by atoms with van der Waals surface area (Å²) >= 11 is 3.43. The number of hydrogen-bond acceptors (Lipinski definition) is 2. The van der Waals surface area contributed by atoms with E-state index in [1.54, 1.807) is 0 Å². The van der Waals surface area contributed by atoms with Gasteiger partial charge in [0, 0.05) is 4.47 Å². The molecule has 3 aromatic rings. The van der Waals surface area contributed by atoms with Gasteiger partial charge in [-0.05, 0) is 23.3 Å². The number of aromatic nitrogens is 2. The van der Waals surface area contributed by atoms with Gasteiger partial charge in [0.1, 0.15) is 5.82 Å². The van der Waals surface area contributed by atoms with Gasteiger partial charge in [-0.2, -0.15) is 0 Å². The average Bonchev–Trinajstić information content (AvgIpc) is 2.98. The molecule has 0 aliphatic rings. The van der Waals surface area contributed by atoms with Crippen LogP contribution in [0, 0.1) is 0 Å². The Hall–Kier alpha value is -1.91. The van der Waals surface area contributed by atoms with Gasteiger partial charge in [0.05, 0.1) is 17.9 Å². The topological polar surface area (TPSA) is 54.7 Å². The van der Waals surface area contributed by atoms with Crippen molar-refractivity contribution in [1.82, 2.24) is 9.97 Å². The molecule has 0 spiro atoms. The zero-order valence-electron chi connectivity index (χ0n) is 10.8. The summed E-state index contributed by atoms with van der Waals surface area (Å²) in [6, 6.07) is 17.8. The molecule has 3 rings (SSSR count). The fraction of sp³-hybridized carbons (Fsp3) is 0.0625. The Morgan fingerprint density at radius 2 is 1.70 bits per heavy atom. The first kappa shape index (κ1) is 13.1. The molecule has 4 heteroatoms. The van der Waals surface area contributed by atoms with E-state index in [2.05, 4.69) is 25.9 Å². The molecule has 1 heterocycles. The maximum absolute atomic E-state index is 6.23. The fourth-order valence-corrected chi connectivity index (χ4v) is 2.35. The average molecular weight is 328 g/mol. The van der Waals surface area contributed by atoms with Gasteiger partial charge in [-0.1, -0.05) is 58.4 Å². The van der Waals surface area contributed by atoms with Gasteiger partial charge in [-0.15, -0.1) is 0 Å². The maximum atomic E-state index is 6.23. The lowest BCUT2D eigenvalue weighted by molar-refractivity contribution is 0.801. The molecule has 0 radical (unpaired) electrons. The second-order valence-electron chi connectivity index (χ2n) is 4.58. The van der Waals surface area contributed by atoms with Crippen molar-refractivity contribution in [3.05, 3.63) is 76.7 Å². The highest BCUT2D eigenvalue weighted by Gasteiger charge is 2.12. The Morgan fingerprint density at radius 3 is 2.40 bits per heavy atom. The monoisotopic (exact) mass is 327 g/mol. The van der Waals surface area contributed by atoms with Gasteiger partial charge in [-0.25, -0.2) is 4.98 Å². The van der Waals surface area contributed by atoms with Crippen molar-refractivity contribution in [3.8, 4) is 11.3 Å². The molecule has 0 saturated heterocycles. The molecule has 20 heavy (non-hydrogen) atoms. The standard InChI is InChI=1S/C16H14BrN3/c17-13-8-6-11(7-9-13)14-10-19-16(20-14)15(18)12-4-2-1-3-5-12/h1-10,15H,18H2,(H,19,20). The first-order chi connectivity index (χ1) is 9.74. The quantitative estimate of drug-likeness (QED) is 0.766. The van der Waals surface area contributed by atoms with Crippen LogP contribution < -0.4 is 5.73 Å². The van der Waals surface area contributed by atoms with Crippen LogP contribution in [0.25, 0.3) is 11.3 Å². The van der Waals surface area contributed by atoms with Gasteiger partial charge >= 0.3 is 0 Å². The summed E-state index contributed by atoms with van der Waals surface area (Å²) in [5, 5.41) is 0. The number of halogens is 1. The Bertz CT molecular complexity index is 689. The molecular formula is C16H14BrN3. The fourth-order valence-electron chi connectivity index (χ4n) is 2.09. The molecule has 100 valence electrons. The largest absolute Gasteiger partial charge is 0.340 e. The normalized spacial score (nSPS) is 12.3. The third-order valence-electron chi connectivity index (χ3n) is 3.20. The van der Waals surface area contributed by atoms with Crippen molar-refractivity contribution in [2.45, 2.75) is 6.04 Å². The molecular weight excluding hydrogens is 314 g/mol. The molecule has 0 aliphatic heterocycles. The van der Waals surface area contributed by atoms with E-state index in [1.165, 1.54) is 0 Å². The summed E-state index contributed by atoms with van der Waals surface area (Å²) in [4.78, 5) is 7.69. The summed E-state index contributed by atoms with van der Waals surface area (Å²) in [6.45, 7) is 0. The third kappa shape index (κ3) is 2.66. The number of benzene rings is 2. The van der Waals surface area contributed by atoms with Gasteiger partial charge in [0.15, 0.2) is 0 Å². The van der Waals surface area contributed by atoms with E-state index in [1.807, 2.05) is 60.8 Å². The van der Waals surface area contributed by atoms with Crippen LogP contribution in [0.15, 0.2) is 65.3 Å². The first-order valence-corrected chi connectivity index (χ1v) is 7.15. The van der Waals surface area contributed by atoms with E-state index < -0.39 is 0 Å². The van der Waals surface area contributed by atoms with Gasteiger partial charge < -0.3 is 10.7 Å². The summed E-state index contributed by atoms with van der Waals surface area (Å²) in [5.74, 6) is 0.772. The lowest BCUT2D eigenvalue weighted by atomic mass is 10.1. The number of nitrogens with zero attached hydrogens (tertiary/aromatic N) is 1. The van der Waals surface area contributed by atoms with Crippen molar-refractivity contribution < 1.29 is 0 Å². The summed E-state index contributed by atoms with van der Waals surface area (Å²) in [6.07, 6.45) is 1.82. The van der Waals surface area contributed by atoms with Gasteiger partial charge in [0.25, 0.3) is 0 Å². The van der Waals surface area contributed by atoms with Crippen LogP contribution >= 0.6 is 15.9 Å². The van der Waals surface area contributed by atoms with Crippen LogP contribution in [0.4, 0.5) is 0 Å². The Balaban J connectivity index is 1.89. The van der Waals surface area contributed by atoms with E-state index in [0.29, 0.717) is 0 Å². The van der Waals surface area contributed by atoms with E-state index in [4.69, 9.17) is 5.73 Å². The Morgan fingerprint density at radius 1 is 1.00 bits per heavy atom. The number of aromatic amines is 1. The Labute approximate surface area is 126 Å². The number of imidazole rings is 1. The zero-order chi connectivity index (χ0) is 13.9. The van der Waals surface area contributed by atoms with E-state index in [9.17, 15) is 0 Å². The minimum absolute atomic E-state index is 0.236. The smallest absolute Gasteiger partial charge is 0.128 e. The summed E-state index contributed by atoms with van der Waals surface area (Å²) < 4.78 is 1.06. The summed E-state index contributed by atoms with van der Waals surface area (Å²) in [5.41, 5.74) is 9.34. The lowest BCUT2D eigenvalue weighted by Gasteiger charge is -2.08. The molecule has 0 bridgehead atoms. The predicted octanol–water partition coefficient (Wildman–Crippen LogP) is 3.89. The first-order valence-electron chi connectivity index (χ1n) is 6.35. The van der Waals surface area contributed by atoms with Gasteiger partial charge in [0.2, 0.25) is 0 Å². The van der Waals surface area contributed by atoms with Crippen LogP contribution in [0.2, 0.25) is 0 Å². The Kier molecular flexibility index (Phi) is 3.67. The molecule has 2 aromatic carbocycles. The molecule has 0 saturated carbocycles. The summed E-state index contributed by atoms with van der Waals surface area (Å²) in [7, 11) is 0. The molecule has 1 aromatic heterocycles. The number of H-pyrrole nitrogens is 1. The number of rotatable bonds is 3. The zero-order valence-corrected chi connectivity index (χ0v) is 12.3. The second kappa shape index (κ2) is 5.61. The van der Waals surface area contributed by atoms with Crippen molar-refractivity contribution in [3.63, 3.8) is 0 Å². The minimum atomic E-state index is -0.236. The van der Waals surface area contributed by atoms with Crippen LogP contribution in [0.3, 0.4) is 0 Å². The number of hydrogen-bond donors (Lipinski definition) is 2. The molecule has 3 N–H and O–H groups in total. The third-order valence-corrected chi connectivity index (χ3v) is 3.73. The SMILES string of the molecule is NC(c1ccccc1)c1ncc(-c2ccc(Br)cc2)[nH]1. The molecule has 3 nitrogen and oxygen atoms in total. The van der Waals surface area contributed by atoms with Gasteiger partial charge in [-0.3, -0.25) is 0 Å². The molecule has 0 amide bonds. The number of nitrogens with one attached hydrogen (secondary N) is 1.